The number of fused-ring (bicyclic) bond motifs is 15. The van der Waals surface area contributed by atoms with Gasteiger partial charge in [-0.3, -0.25) is 9.59 Å². The fraction of sp³-hybridized carbons (Fsp3) is 0.290. The fourth-order valence-electron chi connectivity index (χ4n) is 21.1. The molecular formula is C124H121N9O12. The van der Waals surface area contributed by atoms with Gasteiger partial charge >= 0.3 is 29.8 Å². The normalized spacial score (nSPS) is 14.1. The van der Waals surface area contributed by atoms with Gasteiger partial charge in [-0.1, -0.05) is 310 Å². The summed E-state index contributed by atoms with van der Waals surface area (Å²) in [4.78, 5) is 117. The molecule has 0 aliphatic heterocycles. The summed E-state index contributed by atoms with van der Waals surface area (Å²) in [5.74, 6) is -1.67. The Labute approximate surface area is 850 Å². The van der Waals surface area contributed by atoms with Crippen LogP contribution in [0.25, 0.3) is 70.2 Å². The van der Waals surface area contributed by atoms with Crippen LogP contribution in [0.1, 0.15) is 324 Å². The molecule has 734 valence electrons. The zero-order valence-electron chi connectivity index (χ0n) is 86.4. The number of carbonyl (C=O) groups excluding carboxylic acids is 7. The Hall–Kier alpha value is -16.4. The molecule has 0 amide bonds. The molecule has 21 heteroatoms. The summed E-state index contributed by atoms with van der Waals surface area (Å²) < 4.78 is 0. The minimum absolute atomic E-state index is 0.0233. The first-order chi connectivity index (χ1) is 69.3. The Morgan fingerprint density at radius 3 is 1.03 bits per heavy atom. The van der Waals surface area contributed by atoms with Crippen LogP contribution in [0.2, 0.25) is 0 Å². The highest BCUT2D eigenvalue weighted by molar-refractivity contribution is 6.14. The lowest BCUT2D eigenvalue weighted by atomic mass is 9.73. The first kappa shape index (κ1) is 106. The topological polar surface area (TPSA) is 264 Å². The predicted octanol–water partition coefficient (Wildman–Crippen LogP) is 29.5. The summed E-state index contributed by atoms with van der Waals surface area (Å²) in [5.41, 5.74) is 35.5. The van der Waals surface area contributed by atoms with Gasteiger partial charge in [0.15, 0.2) is 28.6 Å². The molecule has 21 nitrogen and oxygen atoms in total. The molecule has 0 bridgehead atoms. The van der Waals surface area contributed by atoms with Crippen molar-refractivity contribution in [2.75, 3.05) is 0 Å². The SMILES string of the molecule is CC(=O)ON=C(C)c1ccc2c(c1)C(C)(C)c1cc(C(=O)c3ccccc3)ccc1-2.CCC1(CC)c2cc(C(=O)CC(C)C)ccc2-c2ccc(C(=NOC(C)=O)c3ccccc3)cc21.[C-]#[N+]c1cc(C#N)c2c(c1)C(CC)(CC)c1cc(C(CCC)=NOC(C)=O)ccc1-2.[C-]#[N+]c1ccc2c(c1)C(C)(C)c1cc(C(C)=NOC(C)=O)ccc1-2.[C-]#[N+]c1ccc2c(c1)C(CC)(CC)c1cc(C(C)=NOC(C)=O)ccc1-2. The Morgan fingerprint density at radius 2 is 0.628 bits per heavy atom. The van der Waals surface area contributed by atoms with Crippen molar-refractivity contribution >= 4 is 87.0 Å². The lowest BCUT2D eigenvalue weighted by Crippen LogP contribution is -2.24. The zero-order valence-corrected chi connectivity index (χ0v) is 86.4. The summed E-state index contributed by atoms with van der Waals surface area (Å²) in [6.07, 6.45) is 7.55. The number of Topliss-reactive ketones (excluding diaryl/α,β-unsaturated/α-hetero) is 1. The quantitative estimate of drug-likeness (QED) is 0.0179. The Balaban J connectivity index is 0.000000153. The third-order valence-corrected chi connectivity index (χ3v) is 28.7. The number of oxime groups is 5. The lowest BCUT2D eigenvalue weighted by Gasteiger charge is -2.30. The first-order valence-corrected chi connectivity index (χ1v) is 49.3. The zero-order chi connectivity index (χ0) is 105. The average molecular weight is 1930 g/mol. The van der Waals surface area contributed by atoms with Crippen LogP contribution in [0.3, 0.4) is 0 Å². The monoisotopic (exact) mass is 1930 g/mol. The highest BCUT2D eigenvalue weighted by Crippen LogP contribution is 2.59. The van der Waals surface area contributed by atoms with E-state index in [1.54, 1.807) is 6.07 Å². The maximum atomic E-state index is 12.9. The van der Waals surface area contributed by atoms with E-state index >= 15 is 0 Å². The second kappa shape index (κ2) is 44.9. The molecule has 145 heavy (non-hydrogen) atoms. The molecule has 17 rings (SSSR count). The molecular weight excluding hydrogens is 1810 g/mol. The van der Waals surface area contributed by atoms with Crippen molar-refractivity contribution in [3.05, 3.63) is 382 Å². The van der Waals surface area contributed by atoms with Crippen LogP contribution in [-0.4, -0.2) is 70.0 Å². The number of ketones is 2. The summed E-state index contributed by atoms with van der Waals surface area (Å²) in [6.45, 7) is 62.1. The van der Waals surface area contributed by atoms with Crippen LogP contribution in [-0.2, 0) is 75.2 Å². The van der Waals surface area contributed by atoms with E-state index in [0.717, 1.165) is 140 Å². The van der Waals surface area contributed by atoms with Gasteiger partial charge in [-0.2, -0.15) is 5.26 Å². The van der Waals surface area contributed by atoms with E-state index in [1.165, 1.54) is 95.8 Å². The number of hydrogen-bond donors (Lipinski definition) is 0. The van der Waals surface area contributed by atoms with Gasteiger partial charge in [0, 0.05) is 107 Å². The summed E-state index contributed by atoms with van der Waals surface area (Å²) in [7, 11) is 0. The van der Waals surface area contributed by atoms with E-state index in [2.05, 4.69) is 209 Å². The van der Waals surface area contributed by atoms with Crippen molar-refractivity contribution in [3.8, 4) is 61.7 Å². The lowest BCUT2D eigenvalue weighted by molar-refractivity contribution is -0.141. The molecule has 5 aliphatic rings. The molecule has 0 unspecified atom stereocenters. The summed E-state index contributed by atoms with van der Waals surface area (Å²) in [6, 6.07) is 80.1. The van der Waals surface area contributed by atoms with Crippen LogP contribution >= 0.6 is 0 Å². The van der Waals surface area contributed by atoms with Crippen LogP contribution in [0.15, 0.2) is 262 Å². The Kier molecular flexibility index (Phi) is 32.8. The van der Waals surface area contributed by atoms with E-state index in [4.69, 9.17) is 43.9 Å². The highest BCUT2D eigenvalue weighted by Gasteiger charge is 2.46. The fourth-order valence-corrected chi connectivity index (χ4v) is 21.1. The number of rotatable bonds is 24. The molecule has 0 spiro atoms. The molecule has 0 saturated heterocycles. The number of benzene rings is 12. The largest absolute Gasteiger partial charge is 0.332 e. The molecule has 0 fully saturated rings. The number of nitrogens with zero attached hydrogens (tertiary/aromatic N) is 9. The standard InChI is InChI=1S/C31H33NO3.C26H23NO3.C25H25N3O2.C22H22N2O2.C20H18N2O2/c1-6-31(7-2)27-18-23(29(34)17-20(3)4)13-15-25(27)26-16-14-24(19-28(26)31)30(32-35-21(5)33)22-11-9-8-10-12-22;1-16(27-30-17(2)28)19-10-12-21-22-13-11-20(25(29)18-8-6-5-7-9-18)15-24(22)26(3,4)23(21)14-19;1-6-9-23(28-30-16(4)29)17-10-11-20-21(13-17)25(7-2,8-3)22-14-19(27-5)12-18(15-26)24(20)22;1-6-22(7-2)20-12-16(14(3)24-26-15(4)25)8-10-18(20)19-11-9-17(23-5)13-21(19)22;1-12(22-24-13(2)23)14-6-8-16-17-9-7-15(21-5)11-19(17)20(3,4)18(16)10-14/h8-16,18-20H,6-7,17H2,1-5H3;5-15H,1-4H3;10-14H,6-9H2,1-4H3;8-13H,6-7H2,1-4H3;6-11H,1-4H3. The van der Waals surface area contributed by atoms with Crippen molar-refractivity contribution in [1.82, 2.24) is 0 Å². The van der Waals surface area contributed by atoms with Gasteiger partial charge in [-0.05, 0) is 248 Å². The minimum atomic E-state index is -0.456. The maximum Gasteiger partial charge on any atom is 0.332 e. The van der Waals surface area contributed by atoms with Crippen LogP contribution in [0.4, 0.5) is 17.1 Å². The molecule has 0 radical (unpaired) electrons. The Bertz CT molecular complexity index is 7490. The molecule has 0 heterocycles. The van der Waals surface area contributed by atoms with Crippen LogP contribution in [0, 0.1) is 37.0 Å². The van der Waals surface area contributed by atoms with Crippen molar-refractivity contribution in [1.29, 1.82) is 5.26 Å². The average Bonchev–Trinajstić information content (AvgIpc) is 1.54. The van der Waals surface area contributed by atoms with Crippen molar-refractivity contribution in [2.45, 2.75) is 230 Å². The summed E-state index contributed by atoms with van der Waals surface area (Å²) in [5, 5.41) is 29.8. The highest BCUT2D eigenvalue weighted by atomic mass is 16.7. The molecule has 5 aliphatic carbocycles. The van der Waals surface area contributed by atoms with E-state index in [1.807, 2.05) is 178 Å². The predicted molar refractivity (Wildman–Crippen MR) is 574 cm³/mol. The smallest absolute Gasteiger partial charge is 0.318 e. The maximum absolute atomic E-state index is 12.9. The molecule has 0 aromatic heterocycles. The molecule has 12 aromatic rings. The molecule has 12 aromatic carbocycles. The third-order valence-electron chi connectivity index (χ3n) is 28.7. The van der Waals surface area contributed by atoms with Crippen molar-refractivity contribution < 1.29 is 57.7 Å². The number of hydrogen-bond acceptors (Lipinski definition) is 18. The van der Waals surface area contributed by atoms with Gasteiger partial charge in [-0.15, -0.1) is 0 Å². The molecule has 0 saturated carbocycles. The van der Waals surface area contributed by atoms with Gasteiger partial charge in [0.2, 0.25) is 0 Å². The van der Waals surface area contributed by atoms with E-state index in [9.17, 15) is 38.8 Å². The van der Waals surface area contributed by atoms with Crippen molar-refractivity contribution in [3.63, 3.8) is 0 Å². The van der Waals surface area contributed by atoms with Gasteiger partial charge in [0.05, 0.1) is 48.6 Å². The first-order valence-electron chi connectivity index (χ1n) is 49.3. The molecule has 0 N–H and O–H groups in total. The van der Waals surface area contributed by atoms with Crippen LogP contribution < -0.4 is 0 Å². The van der Waals surface area contributed by atoms with E-state index in [0.29, 0.717) is 75.4 Å². The second-order valence-corrected chi connectivity index (χ2v) is 38.5. The van der Waals surface area contributed by atoms with Crippen molar-refractivity contribution in [2.24, 2.45) is 31.7 Å². The minimum Gasteiger partial charge on any atom is -0.318 e. The Morgan fingerprint density at radius 1 is 0.324 bits per heavy atom. The number of nitriles is 1. The van der Waals surface area contributed by atoms with Gasteiger partial charge < -0.3 is 24.2 Å². The number of carbonyl (C=O) groups is 7. The van der Waals surface area contributed by atoms with Crippen LogP contribution in [0.5, 0.6) is 0 Å². The van der Waals surface area contributed by atoms with Gasteiger partial charge in [-0.25, -0.2) is 38.5 Å². The van der Waals surface area contributed by atoms with Gasteiger partial charge in [0.1, 0.15) is 5.71 Å². The molecule has 0 atom stereocenters. The van der Waals surface area contributed by atoms with E-state index in [-0.39, 0.29) is 38.6 Å². The van der Waals surface area contributed by atoms with E-state index < -0.39 is 29.8 Å². The third kappa shape index (κ3) is 21.4. The second-order valence-electron chi connectivity index (χ2n) is 38.5. The van der Waals surface area contributed by atoms with Gasteiger partial charge in [0.25, 0.3) is 0 Å². The summed E-state index contributed by atoms with van der Waals surface area (Å²) >= 11 is 0.